The van der Waals surface area contributed by atoms with Gasteiger partial charge in [-0.1, -0.05) is 6.07 Å². The second kappa shape index (κ2) is 7.09. The molecule has 122 valence electrons. The zero-order chi connectivity index (χ0) is 16.2. The van der Waals surface area contributed by atoms with E-state index in [0.29, 0.717) is 5.92 Å². The molecule has 0 aromatic carbocycles. The minimum atomic E-state index is -0.425. The van der Waals surface area contributed by atoms with Crippen molar-refractivity contribution in [2.45, 2.75) is 46.3 Å². The first-order valence-corrected chi connectivity index (χ1v) is 7.94. The van der Waals surface area contributed by atoms with Crippen LogP contribution in [0.1, 0.15) is 38.4 Å². The number of rotatable bonds is 4. The fourth-order valence-electron chi connectivity index (χ4n) is 2.61. The molecule has 22 heavy (non-hydrogen) atoms. The number of hydrogen-bond donors (Lipinski definition) is 1. The smallest absolute Gasteiger partial charge is 0.410 e. The van der Waals surface area contributed by atoms with E-state index in [9.17, 15) is 4.79 Å². The van der Waals surface area contributed by atoms with E-state index in [1.807, 2.05) is 44.9 Å². The Hall–Kier alpha value is -1.62. The van der Waals surface area contributed by atoms with Crippen LogP contribution in [0.4, 0.5) is 4.79 Å². The van der Waals surface area contributed by atoms with Crippen molar-refractivity contribution in [3.8, 4) is 0 Å². The molecule has 1 aromatic heterocycles. The van der Waals surface area contributed by atoms with E-state index < -0.39 is 5.60 Å². The van der Waals surface area contributed by atoms with Crippen molar-refractivity contribution in [1.82, 2.24) is 15.2 Å². The lowest BCUT2D eigenvalue weighted by Gasteiger charge is -2.24. The van der Waals surface area contributed by atoms with Crippen molar-refractivity contribution in [3.05, 3.63) is 29.6 Å². The van der Waals surface area contributed by atoms with E-state index in [1.54, 1.807) is 0 Å². The quantitative estimate of drug-likeness (QED) is 0.929. The maximum Gasteiger partial charge on any atom is 0.410 e. The molecule has 1 amide bonds. The van der Waals surface area contributed by atoms with Crippen LogP contribution in [0.15, 0.2) is 18.3 Å². The Morgan fingerprint density at radius 1 is 1.50 bits per heavy atom. The summed E-state index contributed by atoms with van der Waals surface area (Å²) >= 11 is 0. The molecule has 1 aliphatic heterocycles. The molecule has 0 bridgehead atoms. The third-order valence-electron chi connectivity index (χ3n) is 3.80. The average molecular weight is 305 g/mol. The summed E-state index contributed by atoms with van der Waals surface area (Å²) in [5.74, 6) is 0.490. The Kier molecular flexibility index (Phi) is 5.40. The Bertz CT molecular complexity index is 511. The second-order valence-electron chi connectivity index (χ2n) is 6.96. The van der Waals surface area contributed by atoms with E-state index in [1.165, 1.54) is 5.56 Å². The molecule has 1 N–H and O–H groups in total. The van der Waals surface area contributed by atoms with E-state index >= 15 is 0 Å². The summed E-state index contributed by atoms with van der Waals surface area (Å²) < 4.78 is 5.42. The van der Waals surface area contributed by atoms with Gasteiger partial charge in [-0.3, -0.25) is 4.98 Å². The molecule has 1 saturated heterocycles. The van der Waals surface area contributed by atoms with Crippen LogP contribution >= 0.6 is 0 Å². The molecule has 0 saturated carbocycles. The molecule has 2 heterocycles. The number of aromatic nitrogens is 1. The van der Waals surface area contributed by atoms with Gasteiger partial charge in [0, 0.05) is 38.1 Å². The summed E-state index contributed by atoms with van der Waals surface area (Å²) in [7, 11) is 0. The van der Waals surface area contributed by atoms with Crippen molar-refractivity contribution in [3.63, 3.8) is 0 Å². The molecule has 0 spiro atoms. The molecule has 0 aliphatic carbocycles. The Morgan fingerprint density at radius 2 is 2.27 bits per heavy atom. The minimum Gasteiger partial charge on any atom is -0.444 e. The molecule has 1 atom stereocenters. The number of nitrogens with zero attached hydrogens (tertiary/aromatic N) is 2. The first-order valence-electron chi connectivity index (χ1n) is 7.94. The minimum absolute atomic E-state index is 0.196. The van der Waals surface area contributed by atoms with Crippen molar-refractivity contribution in [2.75, 3.05) is 19.6 Å². The van der Waals surface area contributed by atoms with Crippen molar-refractivity contribution >= 4 is 6.09 Å². The summed E-state index contributed by atoms with van der Waals surface area (Å²) in [5.41, 5.74) is 1.87. The van der Waals surface area contributed by atoms with Gasteiger partial charge in [0.05, 0.1) is 0 Å². The molecule has 5 nitrogen and oxygen atoms in total. The van der Waals surface area contributed by atoms with Gasteiger partial charge in [0.2, 0.25) is 0 Å². The van der Waals surface area contributed by atoms with Gasteiger partial charge < -0.3 is 15.0 Å². The fraction of sp³-hybridized carbons (Fsp3) is 0.647. The van der Waals surface area contributed by atoms with Crippen LogP contribution < -0.4 is 5.32 Å². The number of carbonyl (C=O) groups excluding carboxylic acids is 1. The molecule has 5 heteroatoms. The molecule has 0 unspecified atom stereocenters. The van der Waals surface area contributed by atoms with E-state index in [-0.39, 0.29) is 6.09 Å². The topological polar surface area (TPSA) is 54.5 Å². The van der Waals surface area contributed by atoms with Gasteiger partial charge in [0.25, 0.3) is 0 Å². The van der Waals surface area contributed by atoms with E-state index in [4.69, 9.17) is 4.74 Å². The molecule has 0 radical (unpaired) electrons. The highest BCUT2D eigenvalue weighted by molar-refractivity contribution is 5.68. The fourth-order valence-corrected chi connectivity index (χ4v) is 2.61. The Labute approximate surface area is 133 Å². The molecule has 1 fully saturated rings. The lowest BCUT2D eigenvalue weighted by atomic mass is 10.1. The van der Waals surface area contributed by atoms with Gasteiger partial charge in [0.15, 0.2) is 0 Å². The maximum atomic E-state index is 12.0. The predicted molar refractivity (Wildman–Crippen MR) is 86.6 cm³/mol. The molecule has 1 aromatic rings. The summed E-state index contributed by atoms with van der Waals surface area (Å²) in [6.07, 6.45) is 2.64. The van der Waals surface area contributed by atoms with Crippen molar-refractivity contribution in [2.24, 2.45) is 5.92 Å². The summed E-state index contributed by atoms with van der Waals surface area (Å²) in [5, 5.41) is 3.47. The van der Waals surface area contributed by atoms with Gasteiger partial charge in [0.1, 0.15) is 5.60 Å². The number of hydrogen-bond acceptors (Lipinski definition) is 4. The van der Waals surface area contributed by atoms with E-state index in [2.05, 4.69) is 16.4 Å². The van der Waals surface area contributed by atoms with Crippen LogP contribution in [0.2, 0.25) is 0 Å². The van der Waals surface area contributed by atoms with Gasteiger partial charge in [-0.25, -0.2) is 4.79 Å². The number of likely N-dealkylation sites (tertiary alicyclic amines) is 1. The van der Waals surface area contributed by atoms with Gasteiger partial charge >= 0.3 is 6.09 Å². The summed E-state index contributed by atoms with van der Waals surface area (Å²) in [4.78, 5) is 18.1. The van der Waals surface area contributed by atoms with Crippen LogP contribution in [0, 0.1) is 12.8 Å². The highest BCUT2D eigenvalue weighted by atomic mass is 16.6. The van der Waals surface area contributed by atoms with Gasteiger partial charge in [-0.2, -0.15) is 0 Å². The number of aryl methyl sites for hydroxylation is 1. The summed E-state index contributed by atoms with van der Waals surface area (Å²) in [6, 6.07) is 4.06. The maximum absolute atomic E-state index is 12.0. The van der Waals surface area contributed by atoms with Crippen molar-refractivity contribution < 1.29 is 9.53 Å². The van der Waals surface area contributed by atoms with Crippen molar-refractivity contribution in [1.29, 1.82) is 0 Å². The number of nitrogens with one attached hydrogen (secondary N) is 1. The standard InChI is InChI=1S/C17H27N3O2/c1-13-15(6-5-8-19-13)11-18-10-14-7-9-20(12-14)16(21)22-17(2,3)4/h5-6,8,14,18H,7,9-12H2,1-4H3/t14-/m0/s1. The zero-order valence-corrected chi connectivity index (χ0v) is 14.1. The summed E-state index contributed by atoms with van der Waals surface area (Å²) in [6.45, 7) is 11.0. The third-order valence-corrected chi connectivity index (χ3v) is 3.80. The highest BCUT2D eigenvalue weighted by Gasteiger charge is 2.29. The number of amides is 1. The number of pyridine rings is 1. The first-order chi connectivity index (χ1) is 10.3. The SMILES string of the molecule is Cc1ncccc1CNC[C@@H]1CCN(C(=O)OC(C)(C)C)C1. The molecular weight excluding hydrogens is 278 g/mol. The van der Waals surface area contributed by atoms with Crippen LogP contribution in [0.5, 0.6) is 0 Å². The third kappa shape index (κ3) is 4.98. The Balaban J connectivity index is 1.73. The molecular formula is C17H27N3O2. The normalized spacial score (nSPS) is 18.5. The predicted octanol–water partition coefficient (Wildman–Crippen LogP) is 2.74. The average Bonchev–Trinajstić information content (AvgIpc) is 2.88. The van der Waals surface area contributed by atoms with Crippen LogP contribution in [0.25, 0.3) is 0 Å². The van der Waals surface area contributed by atoms with Crippen LogP contribution in [-0.4, -0.2) is 41.2 Å². The van der Waals surface area contributed by atoms with Crippen LogP contribution in [-0.2, 0) is 11.3 Å². The van der Waals surface area contributed by atoms with Gasteiger partial charge in [-0.05, 0) is 51.7 Å². The molecule has 1 aliphatic rings. The lowest BCUT2D eigenvalue weighted by molar-refractivity contribution is 0.0288. The number of carbonyl (C=O) groups is 1. The Morgan fingerprint density at radius 3 is 2.95 bits per heavy atom. The second-order valence-corrected chi connectivity index (χ2v) is 6.96. The number of ether oxygens (including phenoxy) is 1. The van der Waals surface area contributed by atoms with E-state index in [0.717, 1.165) is 38.3 Å². The monoisotopic (exact) mass is 305 g/mol. The molecule has 2 rings (SSSR count). The largest absolute Gasteiger partial charge is 0.444 e. The highest BCUT2D eigenvalue weighted by Crippen LogP contribution is 2.19. The lowest BCUT2D eigenvalue weighted by Crippen LogP contribution is -2.36. The zero-order valence-electron chi connectivity index (χ0n) is 14.1. The van der Waals surface area contributed by atoms with Gasteiger partial charge in [-0.15, -0.1) is 0 Å². The van der Waals surface area contributed by atoms with Crippen LogP contribution in [0.3, 0.4) is 0 Å². The first kappa shape index (κ1) is 16.7.